The van der Waals surface area contributed by atoms with Gasteiger partial charge in [-0.2, -0.15) is 0 Å². The van der Waals surface area contributed by atoms with E-state index < -0.39 is 0 Å². The monoisotopic (exact) mass is 264 g/mol. The van der Waals surface area contributed by atoms with Crippen LogP contribution in [0.1, 0.15) is 49.8 Å². The molecule has 0 amide bonds. The molecule has 1 heterocycles. The van der Waals surface area contributed by atoms with Crippen molar-refractivity contribution in [2.45, 2.75) is 57.4 Å². The van der Waals surface area contributed by atoms with Gasteiger partial charge < -0.3 is 5.32 Å². The Balaban J connectivity index is 1.58. The van der Waals surface area contributed by atoms with E-state index in [0.29, 0.717) is 0 Å². The first-order valence-electron chi connectivity index (χ1n) is 7.52. The quantitative estimate of drug-likeness (QED) is 0.821. The van der Waals surface area contributed by atoms with Gasteiger partial charge in [-0.05, 0) is 50.5 Å². The van der Waals surface area contributed by atoms with Crippen molar-refractivity contribution in [2.24, 2.45) is 11.8 Å². The highest BCUT2D eigenvalue weighted by Gasteiger charge is 2.27. The molecule has 0 spiro atoms. The van der Waals surface area contributed by atoms with Gasteiger partial charge in [-0.1, -0.05) is 19.3 Å². The molecule has 2 aliphatic rings. The van der Waals surface area contributed by atoms with E-state index in [-0.39, 0.29) is 0 Å². The van der Waals surface area contributed by atoms with Crippen molar-refractivity contribution in [3.8, 4) is 0 Å². The minimum absolute atomic E-state index is 0.859. The highest BCUT2D eigenvalue weighted by molar-refractivity contribution is 7.09. The van der Waals surface area contributed by atoms with Crippen molar-refractivity contribution in [3.63, 3.8) is 0 Å². The summed E-state index contributed by atoms with van der Waals surface area (Å²) in [6, 6.07) is 0.859. The number of thiazole rings is 1. The van der Waals surface area contributed by atoms with Gasteiger partial charge in [0.1, 0.15) is 0 Å². The van der Waals surface area contributed by atoms with Gasteiger partial charge in [0, 0.05) is 17.1 Å². The smallest absolute Gasteiger partial charge is 0.0794 e. The van der Waals surface area contributed by atoms with Crippen molar-refractivity contribution < 1.29 is 0 Å². The van der Waals surface area contributed by atoms with Gasteiger partial charge in [0.25, 0.3) is 0 Å². The molecule has 0 radical (unpaired) electrons. The van der Waals surface area contributed by atoms with Crippen LogP contribution in [0.2, 0.25) is 0 Å². The predicted octanol–water partition coefficient (Wildman–Crippen LogP) is 3.63. The Bertz CT molecular complexity index is 345. The molecule has 0 aromatic carbocycles. The number of hydrogen-bond donors (Lipinski definition) is 1. The van der Waals surface area contributed by atoms with Gasteiger partial charge in [0.2, 0.25) is 0 Å². The molecule has 3 rings (SSSR count). The molecule has 3 heteroatoms. The van der Waals surface area contributed by atoms with Crippen molar-refractivity contribution in [2.75, 3.05) is 6.54 Å². The van der Waals surface area contributed by atoms with Crippen LogP contribution in [0.3, 0.4) is 0 Å². The molecule has 2 atom stereocenters. The maximum Gasteiger partial charge on any atom is 0.0794 e. The molecular formula is C15H24N2S. The fourth-order valence-corrected chi connectivity index (χ4v) is 3.89. The van der Waals surface area contributed by atoms with Crippen LogP contribution >= 0.6 is 11.3 Å². The minimum atomic E-state index is 0.859. The molecule has 18 heavy (non-hydrogen) atoms. The van der Waals surface area contributed by atoms with E-state index in [2.05, 4.69) is 16.5 Å². The molecule has 0 saturated heterocycles. The Morgan fingerprint density at radius 3 is 2.67 bits per heavy atom. The average molecular weight is 264 g/mol. The van der Waals surface area contributed by atoms with E-state index in [1.807, 2.05) is 16.8 Å². The van der Waals surface area contributed by atoms with Crippen molar-refractivity contribution in [1.29, 1.82) is 0 Å². The van der Waals surface area contributed by atoms with Crippen molar-refractivity contribution in [1.82, 2.24) is 10.3 Å². The van der Waals surface area contributed by atoms with Gasteiger partial charge in [-0.25, -0.2) is 0 Å². The Morgan fingerprint density at radius 1 is 1.11 bits per heavy atom. The van der Waals surface area contributed by atoms with E-state index in [4.69, 9.17) is 0 Å². The fraction of sp³-hybridized carbons (Fsp3) is 0.800. The molecule has 0 aliphatic heterocycles. The maximum atomic E-state index is 4.22. The largest absolute Gasteiger partial charge is 0.314 e. The summed E-state index contributed by atoms with van der Waals surface area (Å²) < 4.78 is 0. The summed E-state index contributed by atoms with van der Waals surface area (Å²) in [5, 5.41) is 3.75. The lowest BCUT2D eigenvalue weighted by Gasteiger charge is -2.25. The molecule has 100 valence electrons. The van der Waals surface area contributed by atoms with Crippen LogP contribution in [-0.2, 0) is 6.42 Å². The number of rotatable bonds is 5. The number of hydrogen-bond acceptors (Lipinski definition) is 3. The first kappa shape index (κ1) is 12.6. The highest BCUT2D eigenvalue weighted by atomic mass is 32.1. The second kappa shape index (κ2) is 6.16. The van der Waals surface area contributed by atoms with Gasteiger partial charge in [-0.3, -0.25) is 4.98 Å². The lowest BCUT2D eigenvalue weighted by molar-refractivity contribution is 0.298. The molecule has 1 aromatic rings. The summed E-state index contributed by atoms with van der Waals surface area (Å²) in [6.07, 6.45) is 13.3. The van der Waals surface area contributed by atoms with Gasteiger partial charge >= 0.3 is 0 Å². The lowest BCUT2D eigenvalue weighted by atomic mass is 9.85. The Labute approximate surface area is 114 Å². The molecule has 0 bridgehead atoms. The van der Waals surface area contributed by atoms with Crippen LogP contribution in [0.15, 0.2) is 11.7 Å². The zero-order chi connectivity index (χ0) is 12.2. The van der Waals surface area contributed by atoms with Gasteiger partial charge in [0.05, 0.1) is 5.51 Å². The maximum absolute atomic E-state index is 4.22. The molecular weight excluding hydrogens is 240 g/mol. The van der Waals surface area contributed by atoms with Crippen LogP contribution in [0.4, 0.5) is 0 Å². The summed E-state index contributed by atoms with van der Waals surface area (Å²) in [4.78, 5) is 5.71. The fourth-order valence-electron chi connectivity index (χ4n) is 3.21. The summed E-state index contributed by atoms with van der Waals surface area (Å²) in [6.45, 7) is 1.26. The summed E-state index contributed by atoms with van der Waals surface area (Å²) in [5.74, 6) is 1.79. The van der Waals surface area contributed by atoms with Crippen LogP contribution in [0, 0.1) is 11.8 Å². The third-order valence-corrected chi connectivity index (χ3v) is 5.31. The average Bonchev–Trinajstić information content (AvgIpc) is 3.11. The molecule has 1 N–H and O–H groups in total. The molecule has 2 nitrogen and oxygen atoms in total. The number of nitrogens with zero attached hydrogens (tertiary/aromatic N) is 1. The second-order valence-corrected chi connectivity index (χ2v) is 6.98. The van der Waals surface area contributed by atoms with E-state index >= 15 is 0 Å². The first-order chi connectivity index (χ1) is 8.92. The van der Waals surface area contributed by atoms with Crippen molar-refractivity contribution >= 4 is 11.3 Å². The molecule has 2 saturated carbocycles. The summed E-state index contributed by atoms with van der Waals surface area (Å²) in [5.41, 5.74) is 1.98. The minimum Gasteiger partial charge on any atom is -0.314 e. The number of nitrogens with one attached hydrogen (secondary N) is 1. The standard InChI is InChI=1S/C15H24N2S/c1-2-4-12(8-15-10-16-11-18-15)13(5-3-1)9-17-14-6-7-14/h10-14,17H,1-9H2. The normalized spacial score (nSPS) is 29.1. The molecule has 1 aromatic heterocycles. The van der Waals surface area contributed by atoms with Crippen LogP contribution in [0.25, 0.3) is 0 Å². The Morgan fingerprint density at radius 2 is 1.94 bits per heavy atom. The first-order valence-corrected chi connectivity index (χ1v) is 8.40. The highest BCUT2D eigenvalue weighted by Crippen LogP contribution is 2.32. The second-order valence-electron chi connectivity index (χ2n) is 6.01. The van der Waals surface area contributed by atoms with E-state index in [1.165, 1.54) is 62.8 Å². The van der Waals surface area contributed by atoms with Gasteiger partial charge in [0.15, 0.2) is 0 Å². The Kier molecular flexibility index (Phi) is 4.32. The van der Waals surface area contributed by atoms with Gasteiger partial charge in [-0.15, -0.1) is 11.3 Å². The summed E-state index contributed by atoms with van der Waals surface area (Å²) in [7, 11) is 0. The topological polar surface area (TPSA) is 24.9 Å². The number of aromatic nitrogens is 1. The van der Waals surface area contributed by atoms with Crippen molar-refractivity contribution in [3.05, 3.63) is 16.6 Å². The third-order valence-electron chi connectivity index (χ3n) is 4.51. The van der Waals surface area contributed by atoms with Crippen LogP contribution < -0.4 is 5.32 Å². The molecule has 2 fully saturated rings. The van der Waals surface area contributed by atoms with Crippen LogP contribution in [-0.4, -0.2) is 17.6 Å². The zero-order valence-corrected chi connectivity index (χ0v) is 11.9. The Hall–Kier alpha value is -0.410. The van der Waals surface area contributed by atoms with E-state index in [9.17, 15) is 0 Å². The third kappa shape index (κ3) is 3.55. The SMILES string of the molecule is c1ncc(CC2CCCCCC2CNC2CC2)s1. The predicted molar refractivity (Wildman–Crippen MR) is 76.9 cm³/mol. The van der Waals surface area contributed by atoms with Crippen LogP contribution in [0.5, 0.6) is 0 Å². The lowest BCUT2D eigenvalue weighted by Crippen LogP contribution is -2.30. The van der Waals surface area contributed by atoms with E-state index in [1.54, 1.807) is 0 Å². The zero-order valence-electron chi connectivity index (χ0n) is 11.1. The summed E-state index contributed by atoms with van der Waals surface area (Å²) >= 11 is 1.83. The molecule has 2 unspecified atom stereocenters. The molecule has 2 aliphatic carbocycles. The van der Waals surface area contributed by atoms with E-state index in [0.717, 1.165) is 17.9 Å².